The van der Waals surface area contributed by atoms with Crippen LogP contribution in [0.25, 0.3) is 12.2 Å². The van der Waals surface area contributed by atoms with Gasteiger partial charge >= 0.3 is 0 Å². The van der Waals surface area contributed by atoms with E-state index in [-0.39, 0.29) is 11.5 Å². The standard InChI is InChI=1S/C24H29NO3/c1-3-25(4-2)16-7-17-28-24-11-6-9-21(19-24)13-15-22(26)14-12-20-8-5-10-23(27)18-20/h5-6,8-15,18-19,27H,3-4,7,16-17H2,1-2H3/b14-12+,15-13+. The normalized spacial score (nSPS) is 11.5. The molecule has 0 aromatic heterocycles. The number of nitrogens with zero attached hydrogens (tertiary/aromatic N) is 1. The number of carbonyl (C=O) groups is 1. The number of allylic oxidation sites excluding steroid dienone is 2. The highest BCUT2D eigenvalue weighted by Crippen LogP contribution is 2.15. The zero-order valence-corrected chi connectivity index (χ0v) is 16.7. The molecule has 0 unspecified atom stereocenters. The molecule has 0 aliphatic rings. The van der Waals surface area contributed by atoms with Gasteiger partial charge in [-0.2, -0.15) is 0 Å². The Hall–Kier alpha value is -2.85. The molecule has 28 heavy (non-hydrogen) atoms. The predicted octanol–water partition coefficient (Wildman–Crippen LogP) is 4.80. The van der Waals surface area contributed by atoms with Crippen molar-refractivity contribution in [2.45, 2.75) is 20.3 Å². The van der Waals surface area contributed by atoms with Crippen molar-refractivity contribution >= 4 is 17.9 Å². The van der Waals surface area contributed by atoms with Gasteiger partial charge in [-0.15, -0.1) is 0 Å². The summed E-state index contributed by atoms with van der Waals surface area (Å²) in [6, 6.07) is 14.5. The fraction of sp³-hybridized carbons (Fsp3) is 0.292. The maximum atomic E-state index is 12.0. The van der Waals surface area contributed by atoms with E-state index in [9.17, 15) is 9.90 Å². The Balaban J connectivity index is 1.84. The van der Waals surface area contributed by atoms with Crippen molar-refractivity contribution in [3.8, 4) is 11.5 Å². The Kier molecular flexibility index (Phi) is 9.02. The molecule has 0 radical (unpaired) electrons. The van der Waals surface area contributed by atoms with Gasteiger partial charge in [-0.25, -0.2) is 0 Å². The van der Waals surface area contributed by atoms with Crippen LogP contribution in [0.2, 0.25) is 0 Å². The number of phenolic OH excluding ortho intramolecular Hbond substituents is 1. The quantitative estimate of drug-likeness (QED) is 0.450. The van der Waals surface area contributed by atoms with Gasteiger partial charge in [0.05, 0.1) is 6.61 Å². The van der Waals surface area contributed by atoms with Gasteiger partial charge in [-0.1, -0.05) is 50.3 Å². The lowest BCUT2D eigenvalue weighted by Gasteiger charge is -2.17. The molecule has 0 amide bonds. The van der Waals surface area contributed by atoms with Crippen molar-refractivity contribution in [1.82, 2.24) is 4.90 Å². The maximum absolute atomic E-state index is 12.0. The number of carbonyl (C=O) groups excluding carboxylic acids is 1. The van der Waals surface area contributed by atoms with Crippen LogP contribution in [0, 0.1) is 0 Å². The predicted molar refractivity (Wildman–Crippen MR) is 116 cm³/mol. The van der Waals surface area contributed by atoms with Crippen LogP contribution in [0.15, 0.2) is 60.7 Å². The van der Waals surface area contributed by atoms with Crippen LogP contribution < -0.4 is 4.74 Å². The van der Waals surface area contributed by atoms with Gasteiger partial charge in [-0.3, -0.25) is 4.79 Å². The molecular weight excluding hydrogens is 350 g/mol. The van der Waals surface area contributed by atoms with Gasteiger partial charge in [0.2, 0.25) is 0 Å². The number of benzene rings is 2. The highest BCUT2D eigenvalue weighted by Gasteiger charge is 2.00. The van der Waals surface area contributed by atoms with E-state index in [0.717, 1.165) is 42.9 Å². The van der Waals surface area contributed by atoms with Crippen molar-refractivity contribution in [1.29, 1.82) is 0 Å². The van der Waals surface area contributed by atoms with Crippen LogP contribution in [-0.2, 0) is 4.79 Å². The summed E-state index contributed by atoms with van der Waals surface area (Å²) in [5.74, 6) is 0.873. The van der Waals surface area contributed by atoms with E-state index in [1.807, 2.05) is 30.3 Å². The minimum absolute atomic E-state index is 0.117. The molecule has 2 aromatic rings. The zero-order valence-electron chi connectivity index (χ0n) is 16.7. The first-order chi connectivity index (χ1) is 13.6. The molecule has 0 aliphatic heterocycles. The number of hydrogen-bond donors (Lipinski definition) is 1. The summed E-state index contributed by atoms with van der Waals surface area (Å²) < 4.78 is 5.83. The molecule has 148 valence electrons. The Morgan fingerprint density at radius 2 is 1.64 bits per heavy atom. The summed E-state index contributed by atoms with van der Waals surface area (Å²) >= 11 is 0. The highest BCUT2D eigenvalue weighted by molar-refractivity contribution is 6.04. The van der Waals surface area contributed by atoms with Gasteiger partial charge in [0.15, 0.2) is 5.78 Å². The fourth-order valence-corrected chi connectivity index (χ4v) is 2.77. The lowest BCUT2D eigenvalue weighted by molar-refractivity contribution is -0.110. The summed E-state index contributed by atoms with van der Waals surface area (Å²) in [5, 5.41) is 9.44. The largest absolute Gasteiger partial charge is 0.508 e. The summed E-state index contributed by atoms with van der Waals surface area (Å²) in [5.41, 5.74) is 1.70. The van der Waals surface area contributed by atoms with E-state index in [4.69, 9.17) is 4.74 Å². The molecule has 2 rings (SSSR count). The third-order valence-corrected chi connectivity index (χ3v) is 4.39. The Bertz CT molecular complexity index is 807. The molecule has 1 N–H and O–H groups in total. The number of ether oxygens (including phenoxy) is 1. The minimum atomic E-state index is -0.117. The smallest absolute Gasteiger partial charge is 0.178 e. The van der Waals surface area contributed by atoms with E-state index >= 15 is 0 Å². The molecule has 0 saturated heterocycles. The second-order valence-electron chi connectivity index (χ2n) is 6.47. The molecule has 2 aromatic carbocycles. The van der Waals surface area contributed by atoms with Crippen molar-refractivity contribution in [2.75, 3.05) is 26.2 Å². The van der Waals surface area contributed by atoms with E-state index in [0.29, 0.717) is 6.61 Å². The highest BCUT2D eigenvalue weighted by atomic mass is 16.5. The van der Waals surface area contributed by atoms with Gasteiger partial charge in [0, 0.05) is 6.54 Å². The molecule has 0 heterocycles. The number of ketones is 1. The summed E-state index contributed by atoms with van der Waals surface area (Å²) in [6.45, 7) is 8.16. The molecule has 0 saturated carbocycles. The molecule has 4 nitrogen and oxygen atoms in total. The van der Waals surface area contributed by atoms with Crippen molar-refractivity contribution in [3.05, 3.63) is 71.8 Å². The van der Waals surface area contributed by atoms with Crippen molar-refractivity contribution in [2.24, 2.45) is 0 Å². The van der Waals surface area contributed by atoms with Crippen LogP contribution in [-0.4, -0.2) is 42.0 Å². The van der Waals surface area contributed by atoms with Crippen molar-refractivity contribution < 1.29 is 14.6 Å². The van der Waals surface area contributed by atoms with Crippen molar-refractivity contribution in [3.63, 3.8) is 0 Å². The van der Waals surface area contributed by atoms with Crippen LogP contribution >= 0.6 is 0 Å². The Morgan fingerprint density at radius 3 is 2.29 bits per heavy atom. The zero-order chi connectivity index (χ0) is 20.2. The molecular formula is C24H29NO3. The molecule has 0 aliphatic carbocycles. The average molecular weight is 380 g/mol. The number of aromatic hydroxyl groups is 1. The lowest BCUT2D eigenvalue weighted by atomic mass is 10.1. The number of rotatable bonds is 11. The molecule has 4 heteroatoms. The van der Waals surface area contributed by atoms with E-state index in [1.54, 1.807) is 30.4 Å². The number of hydrogen-bond acceptors (Lipinski definition) is 4. The lowest BCUT2D eigenvalue weighted by Crippen LogP contribution is -2.25. The third kappa shape index (κ3) is 7.80. The minimum Gasteiger partial charge on any atom is -0.508 e. The second kappa shape index (κ2) is 11.8. The summed E-state index contributed by atoms with van der Waals surface area (Å²) in [7, 11) is 0. The van der Waals surface area contributed by atoms with E-state index in [1.165, 1.54) is 12.2 Å². The Labute approximate surface area is 167 Å². The van der Waals surface area contributed by atoms with E-state index < -0.39 is 0 Å². The topological polar surface area (TPSA) is 49.8 Å². The maximum Gasteiger partial charge on any atom is 0.178 e. The van der Waals surface area contributed by atoms with Crippen LogP contribution in [0.1, 0.15) is 31.4 Å². The Morgan fingerprint density at radius 1 is 1.00 bits per heavy atom. The monoisotopic (exact) mass is 379 g/mol. The van der Waals surface area contributed by atoms with Gasteiger partial charge in [-0.05, 0) is 67.1 Å². The molecule has 0 spiro atoms. The van der Waals surface area contributed by atoms with Gasteiger partial charge in [0.25, 0.3) is 0 Å². The fourth-order valence-electron chi connectivity index (χ4n) is 2.77. The number of phenols is 1. The molecule has 0 fully saturated rings. The van der Waals surface area contributed by atoms with Gasteiger partial charge in [0.1, 0.15) is 11.5 Å². The van der Waals surface area contributed by atoms with Crippen LogP contribution in [0.3, 0.4) is 0 Å². The first-order valence-electron chi connectivity index (χ1n) is 9.75. The first kappa shape index (κ1) is 21.5. The third-order valence-electron chi connectivity index (χ3n) is 4.39. The molecule has 0 atom stereocenters. The van der Waals surface area contributed by atoms with Crippen LogP contribution in [0.5, 0.6) is 11.5 Å². The average Bonchev–Trinajstić information content (AvgIpc) is 2.71. The summed E-state index contributed by atoms with van der Waals surface area (Å²) in [6.07, 6.45) is 7.46. The molecule has 0 bridgehead atoms. The van der Waals surface area contributed by atoms with Gasteiger partial charge < -0.3 is 14.7 Å². The summed E-state index contributed by atoms with van der Waals surface area (Å²) in [4.78, 5) is 14.4. The van der Waals surface area contributed by atoms with E-state index in [2.05, 4.69) is 18.7 Å². The van der Waals surface area contributed by atoms with Crippen LogP contribution in [0.4, 0.5) is 0 Å². The second-order valence-corrected chi connectivity index (χ2v) is 6.47. The SMILES string of the molecule is CCN(CC)CCCOc1cccc(/C=C/C(=O)/C=C/c2cccc(O)c2)c1. The first-order valence-corrected chi connectivity index (χ1v) is 9.75.